The molecule has 0 aliphatic rings. The van der Waals surface area contributed by atoms with Gasteiger partial charge in [-0.1, -0.05) is 25.5 Å². The highest BCUT2D eigenvalue weighted by molar-refractivity contribution is 5.90. The Morgan fingerprint density at radius 2 is 2.17 bits per heavy atom. The van der Waals surface area contributed by atoms with Gasteiger partial charge in [0.05, 0.1) is 29.9 Å². The molecule has 0 saturated heterocycles. The van der Waals surface area contributed by atoms with Crippen molar-refractivity contribution in [2.75, 3.05) is 6.61 Å². The van der Waals surface area contributed by atoms with Gasteiger partial charge in [-0.25, -0.2) is 0 Å². The summed E-state index contributed by atoms with van der Waals surface area (Å²) in [5, 5.41) is 13.8. The van der Waals surface area contributed by atoms with Crippen molar-refractivity contribution in [1.82, 2.24) is 25.5 Å². The van der Waals surface area contributed by atoms with Crippen LogP contribution in [0.25, 0.3) is 10.9 Å². The largest absolute Gasteiger partial charge is 0.435 e. The van der Waals surface area contributed by atoms with Crippen molar-refractivity contribution in [3.8, 4) is 0 Å². The second kappa shape index (κ2) is 8.54. The molecule has 2 N–H and O–H groups in total. The number of aromatic amines is 1. The van der Waals surface area contributed by atoms with Crippen LogP contribution in [0.5, 0.6) is 0 Å². The molecule has 0 aliphatic carbocycles. The highest BCUT2D eigenvalue weighted by Crippen LogP contribution is 2.28. The Balaban J connectivity index is 1.73. The minimum Gasteiger partial charge on any atom is -0.396 e. The lowest BCUT2D eigenvalue weighted by Crippen LogP contribution is -2.29. The molecule has 10 heteroatoms. The maximum atomic E-state index is 13.0. The van der Waals surface area contributed by atoms with Crippen LogP contribution in [0.4, 0.5) is 13.2 Å². The fourth-order valence-electron chi connectivity index (χ4n) is 2.91. The zero-order chi connectivity index (χ0) is 21.0. The van der Waals surface area contributed by atoms with Crippen molar-refractivity contribution in [1.29, 1.82) is 0 Å². The number of halogens is 3. The van der Waals surface area contributed by atoms with Crippen LogP contribution < -0.4 is 10.2 Å². The topological polar surface area (TPSA) is 84.8 Å². The summed E-state index contributed by atoms with van der Waals surface area (Å²) in [5.74, 6) is -0.843. The first-order chi connectivity index (χ1) is 13.8. The standard InChI is InChI=1S/C19H22F3N5O2/c1-3-4-8-29-27-13(9-17(26-27)19(20,21)22)10-23-18(28)12(2)14-6-5-7-16-15(14)11-24-25-16/h5-7,9,11-12H,3-4,8,10H2,1-2H3,(H,23,28)(H,24,25). The number of nitrogens with zero attached hydrogens (tertiary/aromatic N) is 3. The number of alkyl halides is 3. The first-order valence-electron chi connectivity index (χ1n) is 9.30. The quantitative estimate of drug-likeness (QED) is 0.559. The molecule has 0 aliphatic heterocycles. The minimum absolute atomic E-state index is 0.121. The number of fused-ring (bicyclic) bond motifs is 1. The second-order valence-corrected chi connectivity index (χ2v) is 6.70. The maximum absolute atomic E-state index is 13.0. The van der Waals surface area contributed by atoms with Crippen LogP contribution >= 0.6 is 0 Å². The van der Waals surface area contributed by atoms with Crippen molar-refractivity contribution >= 4 is 16.8 Å². The summed E-state index contributed by atoms with van der Waals surface area (Å²) in [6.07, 6.45) is -1.45. The third-order valence-electron chi connectivity index (χ3n) is 4.57. The van der Waals surface area contributed by atoms with Gasteiger partial charge in [-0.15, -0.1) is 9.94 Å². The van der Waals surface area contributed by atoms with Gasteiger partial charge < -0.3 is 10.2 Å². The molecule has 29 heavy (non-hydrogen) atoms. The minimum atomic E-state index is -4.59. The number of hydrogen-bond donors (Lipinski definition) is 2. The van der Waals surface area contributed by atoms with Gasteiger partial charge in [0.1, 0.15) is 6.61 Å². The summed E-state index contributed by atoms with van der Waals surface area (Å²) in [6, 6.07) is 6.36. The van der Waals surface area contributed by atoms with Gasteiger partial charge in [0.25, 0.3) is 0 Å². The van der Waals surface area contributed by atoms with E-state index in [1.54, 1.807) is 13.1 Å². The molecule has 156 valence electrons. The summed E-state index contributed by atoms with van der Waals surface area (Å²) in [5.41, 5.74) is 0.641. The summed E-state index contributed by atoms with van der Waals surface area (Å²) in [6.45, 7) is 3.76. The number of amides is 1. The van der Waals surface area contributed by atoms with Crippen molar-refractivity contribution in [3.63, 3.8) is 0 Å². The Kier molecular flexibility index (Phi) is 6.09. The Labute approximate surface area is 165 Å². The second-order valence-electron chi connectivity index (χ2n) is 6.70. The first-order valence-corrected chi connectivity index (χ1v) is 9.30. The number of rotatable bonds is 8. The van der Waals surface area contributed by atoms with Gasteiger partial charge in [-0.05, 0) is 31.0 Å². The normalized spacial score (nSPS) is 12.9. The van der Waals surface area contributed by atoms with Crippen molar-refractivity contribution in [2.45, 2.75) is 45.3 Å². The molecular weight excluding hydrogens is 387 g/mol. The van der Waals surface area contributed by atoms with E-state index >= 15 is 0 Å². The lowest BCUT2D eigenvalue weighted by Gasteiger charge is -2.14. The number of aromatic nitrogens is 4. The lowest BCUT2D eigenvalue weighted by atomic mass is 9.97. The fraction of sp³-hybridized carbons (Fsp3) is 0.421. The van der Waals surface area contributed by atoms with Crippen molar-refractivity contribution in [2.24, 2.45) is 0 Å². The number of carbonyl (C=O) groups is 1. The first kappa shape index (κ1) is 20.7. The van der Waals surface area contributed by atoms with Gasteiger partial charge in [0.2, 0.25) is 5.91 Å². The maximum Gasteiger partial charge on any atom is 0.435 e. The van der Waals surface area contributed by atoms with Gasteiger partial charge in [0.15, 0.2) is 5.69 Å². The summed E-state index contributed by atoms with van der Waals surface area (Å²) in [4.78, 5) is 18.8. The van der Waals surface area contributed by atoms with Crippen LogP contribution in [-0.2, 0) is 17.5 Å². The third-order valence-corrected chi connectivity index (χ3v) is 4.57. The molecule has 1 aromatic carbocycles. The molecule has 0 bridgehead atoms. The van der Waals surface area contributed by atoms with Gasteiger partial charge in [-0.3, -0.25) is 9.89 Å². The number of unbranched alkanes of at least 4 members (excludes halogenated alkanes) is 1. The van der Waals surface area contributed by atoms with Gasteiger partial charge in [0, 0.05) is 5.39 Å². The van der Waals surface area contributed by atoms with E-state index < -0.39 is 17.8 Å². The molecule has 1 amide bonds. The zero-order valence-electron chi connectivity index (χ0n) is 16.1. The Morgan fingerprint density at radius 3 is 2.90 bits per heavy atom. The van der Waals surface area contributed by atoms with Crippen LogP contribution in [-0.4, -0.2) is 32.7 Å². The van der Waals surface area contributed by atoms with Crippen LogP contribution in [0.15, 0.2) is 30.5 Å². The van der Waals surface area contributed by atoms with E-state index in [-0.39, 0.29) is 24.8 Å². The highest BCUT2D eigenvalue weighted by atomic mass is 19.4. The van der Waals surface area contributed by atoms with Crippen LogP contribution in [0.3, 0.4) is 0 Å². The molecule has 0 spiro atoms. The Bertz CT molecular complexity index is 980. The average molecular weight is 409 g/mol. The molecule has 0 fully saturated rings. The lowest BCUT2D eigenvalue weighted by molar-refractivity contribution is -0.142. The summed E-state index contributed by atoms with van der Waals surface area (Å²) in [7, 11) is 0. The zero-order valence-corrected chi connectivity index (χ0v) is 16.1. The molecule has 0 saturated carbocycles. The van der Waals surface area contributed by atoms with E-state index in [1.807, 2.05) is 25.1 Å². The Hall–Kier alpha value is -3.04. The number of hydrogen-bond acceptors (Lipinski definition) is 4. The van der Waals surface area contributed by atoms with E-state index in [4.69, 9.17) is 4.84 Å². The SMILES string of the molecule is CCCCOn1nc(C(F)(F)F)cc1CNC(=O)C(C)c1cccc2[nH]ncc12. The van der Waals surface area contributed by atoms with E-state index in [0.717, 1.165) is 33.8 Å². The summed E-state index contributed by atoms with van der Waals surface area (Å²) >= 11 is 0. The van der Waals surface area contributed by atoms with Gasteiger partial charge >= 0.3 is 6.18 Å². The third kappa shape index (κ3) is 4.69. The molecule has 3 aromatic rings. The number of H-pyrrole nitrogens is 1. The van der Waals surface area contributed by atoms with E-state index in [1.165, 1.54) is 0 Å². The molecule has 2 aromatic heterocycles. The van der Waals surface area contributed by atoms with Crippen LogP contribution in [0.2, 0.25) is 0 Å². The summed E-state index contributed by atoms with van der Waals surface area (Å²) < 4.78 is 39.0. The van der Waals surface area contributed by atoms with Crippen molar-refractivity contribution < 1.29 is 22.8 Å². The highest BCUT2D eigenvalue weighted by Gasteiger charge is 2.35. The van der Waals surface area contributed by atoms with Crippen LogP contribution in [0, 0.1) is 0 Å². The monoisotopic (exact) mass is 409 g/mol. The molecule has 0 radical (unpaired) electrons. The van der Waals surface area contributed by atoms with E-state index in [0.29, 0.717) is 6.42 Å². The molecule has 3 rings (SSSR count). The fourth-order valence-corrected chi connectivity index (χ4v) is 2.91. The van der Waals surface area contributed by atoms with Crippen molar-refractivity contribution in [3.05, 3.63) is 47.4 Å². The number of benzene rings is 1. The molecule has 1 atom stereocenters. The molecule has 2 heterocycles. The van der Waals surface area contributed by atoms with Crippen LogP contribution in [0.1, 0.15) is 49.6 Å². The van der Waals surface area contributed by atoms with E-state index in [9.17, 15) is 18.0 Å². The smallest absolute Gasteiger partial charge is 0.396 e. The Morgan fingerprint density at radius 1 is 1.38 bits per heavy atom. The number of nitrogens with one attached hydrogen (secondary N) is 2. The predicted octanol–water partition coefficient (Wildman–Crippen LogP) is 3.43. The number of carbonyl (C=O) groups excluding carboxylic acids is 1. The van der Waals surface area contributed by atoms with Gasteiger partial charge in [-0.2, -0.15) is 18.3 Å². The molecule has 7 nitrogen and oxygen atoms in total. The van der Waals surface area contributed by atoms with E-state index in [2.05, 4.69) is 20.6 Å². The molecule has 1 unspecified atom stereocenters. The predicted molar refractivity (Wildman–Crippen MR) is 99.9 cm³/mol. The average Bonchev–Trinajstić information content (AvgIpc) is 3.32. The molecular formula is C19H22F3N5O2.